The van der Waals surface area contributed by atoms with E-state index in [1.165, 1.54) is 28.7 Å². The number of carbonyl (C=O) groups excluding carboxylic acids is 8. The topological polar surface area (TPSA) is 331 Å². The number of nitrogens with zero attached hydrogens (tertiary/aromatic N) is 6. The van der Waals surface area contributed by atoms with Crippen LogP contribution in [0.15, 0.2) is 116 Å². The number of rotatable bonds is 33. The second-order valence-electron chi connectivity index (χ2n) is 23.7. The molecule has 29 heteroatoms. The molecule has 0 radical (unpaired) electrons. The molecule has 98 heavy (non-hydrogen) atoms. The average molecular weight is 1490 g/mol. The molecule has 24 nitrogen and oxygen atoms in total. The summed E-state index contributed by atoms with van der Waals surface area (Å²) in [5.74, 6) is -6.03. The monoisotopic (exact) mass is 1490 g/mol. The number of pyridine rings is 3. The van der Waals surface area contributed by atoms with E-state index in [0.29, 0.717) is 61.1 Å². The van der Waals surface area contributed by atoms with Crippen LogP contribution >= 0.6 is 44.2 Å². The number of nitrogens with one attached hydrogen (secondary N) is 6. The summed E-state index contributed by atoms with van der Waals surface area (Å²) in [6.07, 6.45) is 5.73. The summed E-state index contributed by atoms with van der Waals surface area (Å²) >= 11 is 2.24. The van der Waals surface area contributed by atoms with Gasteiger partial charge in [-0.25, -0.2) is 18.6 Å². The van der Waals surface area contributed by atoms with Gasteiger partial charge in [-0.1, -0.05) is 70.6 Å². The summed E-state index contributed by atoms with van der Waals surface area (Å²) in [4.78, 5) is 120. The quantitative estimate of drug-likeness (QED) is 0.00909. The zero-order chi connectivity index (χ0) is 69.7. The molecule has 7 amide bonds. The van der Waals surface area contributed by atoms with E-state index in [2.05, 4.69) is 76.0 Å². The number of amides is 7. The van der Waals surface area contributed by atoms with E-state index in [1.54, 1.807) is 41.7 Å². The zero-order valence-electron chi connectivity index (χ0n) is 53.9. The zero-order valence-corrected chi connectivity index (χ0v) is 57.7. The summed E-state index contributed by atoms with van der Waals surface area (Å²) in [5, 5.41) is 27.2. The van der Waals surface area contributed by atoms with Crippen LogP contribution in [0.1, 0.15) is 79.3 Å². The third-order valence-electron chi connectivity index (χ3n) is 16.7. The molecule has 3 aliphatic heterocycles. The number of aromatic nitrogens is 3. The summed E-state index contributed by atoms with van der Waals surface area (Å²) in [6, 6.07) is 25.4. The third-order valence-corrected chi connectivity index (χ3v) is 19.8. The average Bonchev–Trinajstić information content (AvgIpc) is 1.10. The molecule has 9 rings (SSSR count). The fourth-order valence-corrected chi connectivity index (χ4v) is 13.9. The van der Waals surface area contributed by atoms with Crippen LogP contribution in [0.5, 0.6) is 5.88 Å². The Morgan fingerprint density at radius 1 is 0.837 bits per heavy atom. The van der Waals surface area contributed by atoms with E-state index >= 15 is 0 Å². The van der Waals surface area contributed by atoms with Crippen molar-refractivity contribution < 1.29 is 61.3 Å². The Bertz CT molecular complexity index is 3940. The normalized spacial score (nSPS) is 16.2. The van der Waals surface area contributed by atoms with Gasteiger partial charge in [0.25, 0.3) is 5.92 Å². The van der Waals surface area contributed by atoms with E-state index in [-0.39, 0.29) is 95.0 Å². The molecule has 8 N–H and O–H groups in total. The number of nitriles is 1. The molecule has 3 aromatic carbocycles. The van der Waals surface area contributed by atoms with E-state index in [0.717, 1.165) is 70.3 Å². The van der Waals surface area contributed by atoms with Crippen LogP contribution in [0.4, 0.5) is 19.3 Å². The van der Waals surface area contributed by atoms with Crippen molar-refractivity contribution in [3.8, 4) is 34.2 Å². The van der Waals surface area contributed by atoms with Crippen molar-refractivity contribution >= 4 is 108 Å². The fourth-order valence-electron chi connectivity index (χ4n) is 11.5. The molecule has 3 aliphatic rings. The number of fused-ring (bicyclic) bond motifs is 2. The van der Waals surface area contributed by atoms with Crippen LogP contribution in [0.2, 0.25) is 0 Å². The number of halogens is 3. The van der Waals surface area contributed by atoms with Gasteiger partial charge in [-0.3, -0.25) is 43.5 Å². The first-order valence-corrected chi connectivity index (χ1v) is 35.5. The highest BCUT2D eigenvalue weighted by atomic mass is 127. The van der Waals surface area contributed by atoms with Gasteiger partial charge in [0, 0.05) is 133 Å². The molecule has 3 aromatic heterocycles. The largest absolute Gasteiger partial charge is 0.508 e. The first kappa shape index (κ1) is 73.1. The van der Waals surface area contributed by atoms with Gasteiger partial charge in [-0.15, -0.1) is 0 Å². The minimum absolute atomic E-state index is 0.00207. The van der Waals surface area contributed by atoms with Crippen LogP contribution < -0.4 is 42.4 Å². The smallest absolute Gasteiger partial charge is 0.480 e. The van der Waals surface area contributed by atoms with E-state index < -0.39 is 72.7 Å². The molecule has 1 unspecified atom stereocenters. The number of hydrogen-bond acceptors (Lipinski definition) is 19. The Morgan fingerprint density at radius 3 is 2.35 bits per heavy atom. The number of methoxy groups -OCH3 is 1. The fraction of sp³-hybridized carbons (Fsp3) is 0.391. The lowest BCUT2D eigenvalue weighted by atomic mass is 9.98. The first-order chi connectivity index (χ1) is 47.2. The van der Waals surface area contributed by atoms with Crippen molar-refractivity contribution in [2.45, 2.75) is 108 Å². The number of alkyl halides is 2. The van der Waals surface area contributed by atoms with Crippen molar-refractivity contribution in [2.75, 3.05) is 63.7 Å². The predicted molar refractivity (Wildman–Crippen MR) is 374 cm³/mol. The maximum atomic E-state index is 14.0. The standard InChI is InChI=1S/C69H76F2IN13O11S2/c1-42(75-23-24-78-61(87)20-14-44-6-4-7-47-37-84(38-55(44)47)63(89)32-48-31-58(83-64(48)90)67(92)85-41-69(70,71)33-52(85)34-73)9-19-62(88)82-59(65(91)79-26-25-77-60(86)8-3-5-43-10-15-50(72)16-11-43)40-98-97-28-27-95-68(93)96-39-51-17-12-46(35-80-51)53-21-22-76-57-18-13-45(29-54(53)57)49-30-56(74)66(94-2)81-36-49/h4,6-7,10-13,15-18,21-22,29-30,35-36,48,52,58-59,75H,1,3,5,8-9,14,19-20,23-28,31-33,37-41,74H2,2H3,(H,77,86)(H,78,87)(H,79,91)(H,82,88)(H,83,90)/t48-,52-,58-,59?/m0/s1. The Morgan fingerprint density at radius 2 is 1.59 bits per heavy atom. The number of nitrogen functional groups attached to an aromatic ring is 1. The van der Waals surface area contributed by atoms with Gasteiger partial charge in [0.15, 0.2) is 0 Å². The molecule has 0 bridgehead atoms. The summed E-state index contributed by atoms with van der Waals surface area (Å²) in [5.41, 5.74) is 15.6. The van der Waals surface area contributed by atoms with Gasteiger partial charge in [0.2, 0.25) is 47.2 Å². The number of hydrogen-bond donors (Lipinski definition) is 7. The molecule has 2 saturated heterocycles. The number of aryl methyl sites for hydroxylation is 2. The molecular formula is C69H76F2IN13O11S2. The van der Waals surface area contributed by atoms with Crippen LogP contribution in [-0.2, 0) is 75.6 Å². The number of carbonyl (C=O) groups is 8. The maximum absolute atomic E-state index is 14.0. The van der Waals surface area contributed by atoms with Crippen molar-refractivity contribution in [1.29, 1.82) is 5.26 Å². The molecule has 0 aliphatic carbocycles. The Hall–Kier alpha value is -9.15. The number of likely N-dealkylation sites (tertiary alicyclic amines) is 1. The van der Waals surface area contributed by atoms with Gasteiger partial charge in [-0.05, 0) is 131 Å². The summed E-state index contributed by atoms with van der Waals surface area (Å²) < 4.78 is 45.1. The second-order valence-corrected chi connectivity index (χ2v) is 27.6. The first-order valence-electron chi connectivity index (χ1n) is 31.9. The highest BCUT2D eigenvalue weighted by molar-refractivity contribution is 14.1. The molecule has 2 fully saturated rings. The van der Waals surface area contributed by atoms with Crippen molar-refractivity contribution in [3.05, 3.63) is 147 Å². The molecule has 6 aromatic rings. The molecule has 6 heterocycles. The minimum atomic E-state index is -3.21. The highest BCUT2D eigenvalue weighted by Gasteiger charge is 2.50. The third kappa shape index (κ3) is 20.9. The maximum Gasteiger partial charge on any atom is 0.508 e. The van der Waals surface area contributed by atoms with E-state index in [9.17, 15) is 52.4 Å². The Kier molecular flexibility index (Phi) is 26.4. The highest BCUT2D eigenvalue weighted by Crippen LogP contribution is 2.36. The summed E-state index contributed by atoms with van der Waals surface area (Å²) in [7, 11) is 4.14. The SMILES string of the molecule is C=C(CCC(=O)NC(CSSCCOC(=O)OCc1ccc(-c2ccnc3ccc(-c4cnc(OC)c(N)c4)cc23)cn1)C(=O)NCCNC(=O)CCCc1ccc(I)cc1)NCCNC(=O)CCc1cccc2c1CN(C(=O)C[C@@H]1C[C@@H](C(=O)N3CC(F)(F)C[C@H]3C#N)NC1=O)C2. The predicted octanol–water partition coefficient (Wildman–Crippen LogP) is 7.46. The van der Waals surface area contributed by atoms with Crippen LogP contribution in [0.25, 0.3) is 33.2 Å². The molecule has 516 valence electrons. The van der Waals surface area contributed by atoms with Crippen molar-refractivity contribution in [3.63, 3.8) is 0 Å². The van der Waals surface area contributed by atoms with Crippen LogP contribution in [-0.4, -0.2) is 154 Å². The number of nitrogens with two attached hydrogens (primary N) is 1. The minimum Gasteiger partial charge on any atom is -0.480 e. The van der Waals surface area contributed by atoms with Crippen LogP contribution in [0.3, 0.4) is 0 Å². The Labute approximate surface area is 587 Å². The lowest BCUT2D eigenvalue weighted by molar-refractivity contribution is -0.135. The lowest BCUT2D eigenvalue weighted by Gasteiger charge is -2.22. The van der Waals surface area contributed by atoms with Crippen molar-refractivity contribution in [2.24, 2.45) is 5.92 Å². The molecule has 0 saturated carbocycles. The van der Waals surface area contributed by atoms with Gasteiger partial charge >= 0.3 is 6.16 Å². The lowest BCUT2D eigenvalue weighted by Crippen LogP contribution is -2.49. The van der Waals surface area contributed by atoms with Gasteiger partial charge in [-0.2, -0.15) is 5.26 Å². The van der Waals surface area contributed by atoms with Gasteiger partial charge in [0.05, 0.1) is 36.6 Å². The number of allylic oxidation sites excluding steroid dienone is 1. The second kappa shape index (κ2) is 35.4. The number of benzene rings is 3. The molecule has 0 spiro atoms. The van der Waals surface area contributed by atoms with Crippen LogP contribution in [0, 0.1) is 20.8 Å². The van der Waals surface area contributed by atoms with Gasteiger partial charge in [0.1, 0.15) is 31.3 Å². The molecular weight excluding hydrogens is 1420 g/mol. The number of ether oxygens (including phenoxy) is 3. The van der Waals surface area contributed by atoms with Crippen molar-refractivity contribution in [1.82, 2.24) is 56.7 Å². The van der Waals surface area contributed by atoms with E-state index in [4.69, 9.17) is 19.9 Å². The Balaban J connectivity index is 0.667. The summed E-state index contributed by atoms with van der Waals surface area (Å²) in [6.45, 7) is 4.43. The van der Waals surface area contributed by atoms with Gasteiger partial charge < -0.3 is 61.6 Å². The number of anilines is 1. The van der Waals surface area contributed by atoms with E-state index in [1.807, 2.05) is 72.8 Å². The molecule has 4 atom stereocenters.